The molecule has 4 atom stereocenters. The maximum absolute atomic E-state index is 12.8. The van der Waals surface area contributed by atoms with E-state index < -0.39 is 24.0 Å². The first kappa shape index (κ1) is 16.6. The highest BCUT2D eigenvalue weighted by Gasteiger charge is 2.44. The zero-order chi connectivity index (χ0) is 15.5. The average Bonchev–Trinajstić information content (AvgIpc) is 2.47. The summed E-state index contributed by atoms with van der Waals surface area (Å²) in [7, 11) is 1.58. The Morgan fingerprint density at radius 1 is 1.00 bits per heavy atom. The minimum absolute atomic E-state index is 0.121. The van der Waals surface area contributed by atoms with Crippen LogP contribution >= 0.6 is 0 Å². The fourth-order valence-electron chi connectivity index (χ4n) is 3.41. The molecule has 0 amide bonds. The maximum atomic E-state index is 12.8. The van der Waals surface area contributed by atoms with E-state index in [1.807, 2.05) is 0 Å². The SMILES string of the molecule is COC1CCCCC1OC(=O)C1CCCC(C(F)(F)F)C1. The van der Waals surface area contributed by atoms with E-state index in [1.54, 1.807) is 7.11 Å². The van der Waals surface area contributed by atoms with Gasteiger partial charge >= 0.3 is 12.1 Å². The van der Waals surface area contributed by atoms with Gasteiger partial charge in [0.2, 0.25) is 0 Å². The van der Waals surface area contributed by atoms with Gasteiger partial charge in [0.15, 0.2) is 0 Å². The first-order valence-corrected chi connectivity index (χ1v) is 7.72. The molecule has 0 aromatic heterocycles. The monoisotopic (exact) mass is 308 g/mol. The molecule has 4 unspecified atom stereocenters. The number of halogens is 3. The highest BCUT2D eigenvalue weighted by atomic mass is 19.4. The van der Waals surface area contributed by atoms with E-state index in [2.05, 4.69) is 0 Å². The normalized spacial score (nSPS) is 34.5. The largest absolute Gasteiger partial charge is 0.459 e. The van der Waals surface area contributed by atoms with Gasteiger partial charge in [0.05, 0.1) is 17.9 Å². The van der Waals surface area contributed by atoms with Crippen molar-refractivity contribution in [3.63, 3.8) is 0 Å². The summed E-state index contributed by atoms with van der Waals surface area (Å²) < 4.78 is 49.1. The van der Waals surface area contributed by atoms with Gasteiger partial charge < -0.3 is 9.47 Å². The summed E-state index contributed by atoms with van der Waals surface area (Å²) in [6, 6.07) is 0. The molecule has 2 fully saturated rings. The van der Waals surface area contributed by atoms with Crippen molar-refractivity contribution in [2.75, 3.05) is 7.11 Å². The molecule has 0 saturated heterocycles. The molecule has 0 radical (unpaired) electrons. The summed E-state index contributed by atoms with van der Waals surface area (Å²) >= 11 is 0. The molecular formula is C15H23F3O3. The lowest BCUT2D eigenvalue weighted by Gasteiger charge is -2.33. The second-order valence-electron chi connectivity index (χ2n) is 6.14. The van der Waals surface area contributed by atoms with Gasteiger partial charge in [-0.2, -0.15) is 13.2 Å². The van der Waals surface area contributed by atoms with Crippen molar-refractivity contribution < 1.29 is 27.4 Å². The average molecular weight is 308 g/mol. The number of hydrogen-bond donors (Lipinski definition) is 0. The van der Waals surface area contributed by atoms with E-state index in [9.17, 15) is 18.0 Å². The van der Waals surface area contributed by atoms with Crippen LogP contribution in [0.4, 0.5) is 13.2 Å². The molecule has 3 nitrogen and oxygen atoms in total. The van der Waals surface area contributed by atoms with Crippen LogP contribution < -0.4 is 0 Å². The Morgan fingerprint density at radius 2 is 1.67 bits per heavy atom. The molecule has 6 heteroatoms. The molecular weight excluding hydrogens is 285 g/mol. The summed E-state index contributed by atoms with van der Waals surface area (Å²) in [6.07, 6.45) is -0.141. The molecule has 2 saturated carbocycles. The van der Waals surface area contributed by atoms with E-state index >= 15 is 0 Å². The first-order chi connectivity index (χ1) is 9.91. The quantitative estimate of drug-likeness (QED) is 0.743. The summed E-state index contributed by atoms with van der Waals surface area (Å²) in [5.74, 6) is -2.46. The van der Waals surface area contributed by atoms with Crippen LogP contribution in [0.3, 0.4) is 0 Å². The van der Waals surface area contributed by atoms with Crippen LogP contribution in [-0.2, 0) is 14.3 Å². The van der Waals surface area contributed by atoms with Crippen molar-refractivity contribution >= 4 is 5.97 Å². The zero-order valence-corrected chi connectivity index (χ0v) is 12.3. The van der Waals surface area contributed by atoms with Gasteiger partial charge in [-0.3, -0.25) is 4.79 Å². The van der Waals surface area contributed by atoms with Gasteiger partial charge in [-0.1, -0.05) is 12.8 Å². The summed E-state index contributed by atoms with van der Waals surface area (Å²) in [6.45, 7) is 0. The van der Waals surface area contributed by atoms with Crippen LogP contribution in [0.5, 0.6) is 0 Å². The summed E-state index contributed by atoms with van der Waals surface area (Å²) in [5.41, 5.74) is 0. The fraction of sp³-hybridized carbons (Fsp3) is 0.933. The molecule has 0 heterocycles. The van der Waals surface area contributed by atoms with Gasteiger partial charge in [-0.25, -0.2) is 0 Å². The lowest BCUT2D eigenvalue weighted by Crippen LogP contribution is -2.39. The standard InChI is InChI=1S/C15H23F3O3/c1-20-12-7-2-3-8-13(12)21-14(19)10-5-4-6-11(9-10)15(16,17)18/h10-13H,2-9H2,1H3. The van der Waals surface area contributed by atoms with Crippen LogP contribution in [0.2, 0.25) is 0 Å². The van der Waals surface area contributed by atoms with Gasteiger partial charge in [0.1, 0.15) is 6.10 Å². The number of carbonyl (C=O) groups is 1. The van der Waals surface area contributed by atoms with Gasteiger partial charge in [-0.05, 0) is 38.5 Å². The van der Waals surface area contributed by atoms with E-state index in [4.69, 9.17) is 9.47 Å². The van der Waals surface area contributed by atoms with Crippen LogP contribution in [0.15, 0.2) is 0 Å². The van der Waals surface area contributed by atoms with Gasteiger partial charge in [0.25, 0.3) is 0 Å². The number of esters is 1. The molecule has 122 valence electrons. The smallest absolute Gasteiger partial charge is 0.391 e. The van der Waals surface area contributed by atoms with E-state index in [-0.39, 0.29) is 25.0 Å². The summed E-state index contributed by atoms with van der Waals surface area (Å²) in [5, 5.41) is 0. The van der Waals surface area contributed by atoms with Crippen LogP contribution in [0.1, 0.15) is 51.4 Å². The highest BCUT2D eigenvalue weighted by Crippen LogP contribution is 2.40. The third-order valence-electron chi connectivity index (χ3n) is 4.68. The molecule has 2 aliphatic carbocycles. The second kappa shape index (κ2) is 6.99. The highest BCUT2D eigenvalue weighted by molar-refractivity contribution is 5.72. The number of methoxy groups -OCH3 is 1. The molecule has 0 spiro atoms. The molecule has 2 rings (SSSR count). The van der Waals surface area contributed by atoms with Crippen molar-refractivity contribution in [3.05, 3.63) is 0 Å². The number of ether oxygens (including phenoxy) is 2. The van der Waals surface area contributed by atoms with E-state index in [0.717, 1.165) is 25.7 Å². The minimum Gasteiger partial charge on any atom is -0.459 e. The van der Waals surface area contributed by atoms with Crippen LogP contribution in [0.25, 0.3) is 0 Å². The fourth-order valence-corrected chi connectivity index (χ4v) is 3.41. The number of alkyl halides is 3. The van der Waals surface area contributed by atoms with Gasteiger partial charge in [0, 0.05) is 7.11 Å². The number of carbonyl (C=O) groups excluding carboxylic acids is 1. The predicted molar refractivity (Wildman–Crippen MR) is 70.6 cm³/mol. The molecule has 0 aliphatic heterocycles. The Bertz CT molecular complexity index is 357. The Kier molecular flexibility index (Phi) is 5.52. The van der Waals surface area contributed by atoms with E-state index in [0.29, 0.717) is 12.8 Å². The second-order valence-corrected chi connectivity index (χ2v) is 6.14. The Morgan fingerprint density at radius 3 is 2.29 bits per heavy atom. The third kappa shape index (κ3) is 4.34. The number of hydrogen-bond acceptors (Lipinski definition) is 3. The van der Waals surface area contributed by atoms with E-state index in [1.165, 1.54) is 0 Å². The molecule has 2 aliphatic rings. The number of rotatable bonds is 3. The lowest BCUT2D eigenvalue weighted by molar-refractivity contribution is -0.191. The van der Waals surface area contributed by atoms with Crippen molar-refractivity contribution in [3.8, 4) is 0 Å². The van der Waals surface area contributed by atoms with Crippen molar-refractivity contribution in [1.29, 1.82) is 0 Å². The molecule has 0 N–H and O–H groups in total. The van der Waals surface area contributed by atoms with Gasteiger partial charge in [-0.15, -0.1) is 0 Å². The summed E-state index contributed by atoms with van der Waals surface area (Å²) in [4.78, 5) is 12.2. The molecule has 0 bridgehead atoms. The minimum atomic E-state index is -4.21. The van der Waals surface area contributed by atoms with Crippen LogP contribution in [0, 0.1) is 11.8 Å². The Balaban J connectivity index is 1.90. The topological polar surface area (TPSA) is 35.5 Å². The molecule has 0 aromatic rings. The van der Waals surface area contributed by atoms with Crippen molar-refractivity contribution in [2.24, 2.45) is 11.8 Å². The molecule has 0 aromatic carbocycles. The lowest BCUT2D eigenvalue weighted by atomic mass is 9.81. The Hall–Kier alpha value is -0.780. The zero-order valence-electron chi connectivity index (χ0n) is 12.3. The van der Waals surface area contributed by atoms with Crippen molar-refractivity contribution in [2.45, 2.75) is 69.8 Å². The Labute approximate surface area is 123 Å². The molecule has 21 heavy (non-hydrogen) atoms. The third-order valence-corrected chi connectivity index (χ3v) is 4.68. The first-order valence-electron chi connectivity index (χ1n) is 7.72. The van der Waals surface area contributed by atoms with Crippen LogP contribution in [-0.4, -0.2) is 31.5 Å². The van der Waals surface area contributed by atoms with Crippen molar-refractivity contribution in [1.82, 2.24) is 0 Å². The maximum Gasteiger partial charge on any atom is 0.391 e. The predicted octanol–water partition coefficient (Wildman–Crippen LogP) is 3.86.